The molecule has 1 heterocycles. The number of benzene rings is 1. The molecule has 0 unspecified atom stereocenters. The van der Waals surface area contributed by atoms with Crippen molar-refractivity contribution in [3.8, 4) is 11.4 Å². The molecular weight excluding hydrogens is 230 g/mol. The van der Waals surface area contributed by atoms with E-state index in [1.807, 2.05) is 35.0 Å². The molecule has 5 heteroatoms. The highest BCUT2D eigenvalue weighted by atomic mass is 16.5. The molecule has 0 radical (unpaired) electrons. The van der Waals surface area contributed by atoms with Gasteiger partial charge in [0.15, 0.2) is 0 Å². The highest BCUT2D eigenvalue weighted by Gasteiger charge is 2.08. The molecule has 1 aromatic carbocycles. The van der Waals surface area contributed by atoms with Crippen molar-refractivity contribution in [1.82, 2.24) is 9.55 Å². The van der Waals surface area contributed by atoms with Gasteiger partial charge in [0.25, 0.3) is 0 Å². The molecule has 1 aromatic heterocycles. The second-order valence-corrected chi connectivity index (χ2v) is 3.71. The van der Waals surface area contributed by atoms with Crippen molar-refractivity contribution in [2.75, 3.05) is 32.7 Å². The van der Waals surface area contributed by atoms with Gasteiger partial charge in [-0.25, -0.2) is 4.98 Å². The summed E-state index contributed by atoms with van der Waals surface area (Å²) in [6.45, 7) is 1.35. The highest BCUT2D eigenvalue weighted by molar-refractivity contribution is 5.51. The van der Waals surface area contributed by atoms with E-state index in [0.29, 0.717) is 13.2 Å². The lowest BCUT2D eigenvalue weighted by Crippen LogP contribution is -2.12. The van der Waals surface area contributed by atoms with E-state index in [0.717, 1.165) is 17.4 Å². The molecule has 5 nitrogen and oxygen atoms in total. The summed E-state index contributed by atoms with van der Waals surface area (Å²) in [5, 5.41) is 3.22. The Kier molecular flexibility index (Phi) is 4.20. The number of imidazole rings is 1. The van der Waals surface area contributed by atoms with Crippen molar-refractivity contribution in [2.45, 2.75) is 0 Å². The molecule has 0 fully saturated rings. The maximum atomic E-state index is 5.35. The molecule has 18 heavy (non-hydrogen) atoms. The number of nitrogens with zero attached hydrogens (tertiary/aromatic N) is 2. The maximum Gasteiger partial charge on any atom is 0.207 e. The number of anilines is 1. The van der Waals surface area contributed by atoms with Crippen LogP contribution in [0.25, 0.3) is 5.69 Å². The summed E-state index contributed by atoms with van der Waals surface area (Å²) in [4.78, 5) is 4.28. The van der Waals surface area contributed by atoms with Crippen LogP contribution in [0.5, 0.6) is 5.75 Å². The number of methoxy groups -OCH3 is 2. The topological polar surface area (TPSA) is 48.3 Å². The number of ether oxygens (including phenoxy) is 2. The Morgan fingerprint density at radius 3 is 2.89 bits per heavy atom. The van der Waals surface area contributed by atoms with Crippen molar-refractivity contribution < 1.29 is 9.47 Å². The fourth-order valence-electron chi connectivity index (χ4n) is 1.72. The van der Waals surface area contributed by atoms with Crippen molar-refractivity contribution in [1.29, 1.82) is 0 Å². The molecule has 0 bridgehead atoms. The Bertz CT molecular complexity index is 496. The largest absolute Gasteiger partial charge is 0.495 e. The summed E-state index contributed by atoms with van der Waals surface area (Å²) >= 11 is 0. The van der Waals surface area contributed by atoms with E-state index < -0.39 is 0 Å². The van der Waals surface area contributed by atoms with Crippen molar-refractivity contribution >= 4 is 5.95 Å². The fraction of sp³-hybridized carbons (Fsp3) is 0.308. The van der Waals surface area contributed by atoms with Gasteiger partial charge in [-0.15, -0.1) is 0 Å². The summed E-state index contributed by atoms with van der Waals surface area (Å²) in [5.74, 6) is 1.59. The van der Waals surface area contributed by atoms with Gasteiger partial charge in [-0.2, -0.15) is 0 Å². The van der Waals surface area contributed by atoms with Crippen LogP contribution in [0.15, 0.2) is 36.7 Å². The molecule has 2 rings (SSSR count). The third-order valence-electron chi connectivity index (χ3n) is 2.57. The third kappa shape index (κ3) is 2.62. The van der Waals surface area contributed by atoms with Gasteiger partial charge in [0.05, 0.1) is 19.4 Å². The van der Waals surface area contributed by atoms with Gasteiger partial charge in [-0.05, 0) is 12.1 Å². The van der Waals surface area contributed by atoms with E-state index in [4.69, 9.17) is 9.47 Å². The highest BCUT2D eigenvalue weighted by Crippen LogP contribution is 2.24. The number of hydrogen-bond donors (Lipinski definition) is 1. The van der Waals surface area contributed by atoms with E-state index >= 15 is 0 Å². The average Bonchev–Trinajstić information content (AvgIpc) is 2.87. The zero-order valence-electron chi connectivity index (χ0n) is 10.6. The standard InChI is InChI=1S/C13H17N3O2/c1-17-10-8-15-13-14-7-9-16(13)11-5-3-4-6-12(11)18-2/h3-7,9H,8,10H2,1-2H3,(H,14,15). The van der Waals surface area contributed by atoms with Gasteiger partial charge in [0.2, 0.25) is 5.95 Å². The van der Waals surface area contributed by atoms with E-state index in [9.17, 15) is 0 Å². The lowest BCUT2D eigenvalue weighted by atomic mass is 10.3. The number of hydrogen-bond acceptors (Lipinski definition) is 4. The smallest absolute Gasteiger partial charge is 0.207 e. The third-order valence-corrected chi connectivity index (χ3v) is 2.57. The fourth-order valence-corrected chi connectivity index (χ4v) is 1.72. The zero-order valence-corrected chi connectivity index (χ0v) is 10.6. The van der Waals surface area contributed by atoms with Crippen LogP contribution in [-0.4, -0.2) is 36.9 Å². The number of aromatic nitrogens is 2. The van der Waals surface area contributed by atoms with Crippen LogP contribution in [-0.2, 0) is 4.74 Å². The quantitative estimate of drug-likeness (QED) is 0.792. The SMILES string of the molecule is COCCNc1nccn1-c1ccccc1OC. The molecule has 96 valence electrons. The van der Waals surface area contributed by atoms with Crippen LogP contribution >= 0.6 is 0 Å². The van der Waals surface area contributed by atoms with Crippen LogP contribution in [0.2, 0.25) is 0 Å². The van der Waals surface area contributed by atoms with Gasteiger partial charge >= 0.3 is 0 Å². The van der Waals surface area contributed by atoms with E-state index in [1.165, 1.54) is 0 Å². The first-order valence-corrected chi connectivity index (χ1v) is 5.76. The summed E-state index contributed by atoms with van der Waals surface area (Å²) in [6, 6.07) is 7.82. The Balaban J connectivity index is 2.25. The van der Waals surface area contributed by atoms with E-state index in [-0.39, 0.29) is 0 Å². The second-order valence-electron chi connectivity index (χ2n) is 3.71. The van der Waals surface area contributed by atoms with Gasteiger partial charge in [-0.1, -0.05) is 12.1 Å². The molecule has 0 atom stereocenters. The average molecular weight is 247 g/mol. The zero-order chi connectivity index (χ0) is 12.8. The Morgan fingerprint density at radius 2 is 2.11 bits per heavy atom. The number of nitrogens with one attached hydrogen (secondary N) is 1. The van der Waals surface area contributed by atoms with Gasteiger partial charge in [0, 0.05) is 26.0 Å². The lowest BCUT2D eigenvalue weighted by Gasteiger charge is -2.12. The Hall–Kier alpha value is -2.01. The molecule has 0 saturated carbocycles. The summed E-state index contributed by atoms with van der Waals surface area (Å²) in [5.41, 5.74) is 0.956. The minimum atomic E-state index is 0.638. The predicted octanol–water partition coefficient (Wildman–Crippen LogP) is 1.94. The minimum absolute atomic E-state index is 0.638. The van der Waals surface area contributed by atoms with Gasteiger partial charge < -0.3 is 14.8 Å². The molecule has 1 N–H and O–H groups in total. The summed E-state index contributed by atoms with van der Waals surface area (Å²) in [6.07, 6.45) is 3.65. The first-order chi connectivity index (χ1) is 8.86. The van der Waals surface area contributed by atoms with Crippen molar-refractivity contribution in [3.63, 3.8) is 0 Å². The monoisotopic (exact) mass is 247 g/mol. The first-order valence-electron chi connectivity index (χ1n) is 5.76. The minimum Gasteiger partial charge on any atom is -0.495 e. The van der Waals surface area contributed by atoms with Crippen molar-refractivity contribution in [2.24, 2.45) is 0 Å². The predicted molar refractivity (Wildman–Crippen MR) is 70.5 cm³/mol. The molecule has 0 amide bonds. The van der Waals surface area contributed by atoms with E-state index in [1.54, 1.807) is 20.4 Å². The normalized spacial score (nSPS) is 10.3. The van der Waals surface area contributed by atoms with Crippen LogP contribution in [0, 0.1) is 0 Å². The van der Waals surface area contributed by atoms with Crippen molar-refractivity contribution in [3.05, 3.63) is 36.7 Å². The van der Waals surface area contributed by atoms with Crippen LogP contribution in [0.1, 0.15) is 0 Å². The Labute approximate surface area is 106 Å². The molecule has 0 spiro atoms. The van der Waals surface area contributed by atoms with E-state index in [2.05, 4.69) is 10.3 Å². The maximum absolute atomic E-state index is 5.35. The molecule has 2 aromatic rings. The molecule has 0 saturated heterocycles. The lowest BCUT2D eigenvalue weighted by molar-refractivity contribution is 0.210. The van der Waals surface area contributed by atoms with Gasteiger partial charge in [0.1, 0.15) is 5.75 Å². The van der Waals surface area contributed by atoms with Gasteiger partial charge in [-0.3, -0.25) is 4.57 Å². The summed E-state index contributed by atoms with van der Waals surface area (Å²) < 4.78 is 12.3. The molecule has 0 aliphatic rings. The van der Waals surface area contributed by atoms with Crippen LogP contribution in [0.3, 0.4) is 0 Å². The Morgan fingerprint density at radius 1 is 1.28 bits per heavy atom. The van der Waals surface area contributed by atoms with Crippen LogP contribution < -0.4 is 10.1 Å². The molecule has 0 aliphatic carbocycles. The first kappa shape index (κ1) is 12.4. The summed E-state index contributed by atoms with van der Waals surface area (Å²) in [7, 11) is 3.34. The second kappa shape index (κ2) is 6.07. The number of rotatable bonds is 6. The molecule has 0 aliphatic heterocycles. The number of para-hydroxylation sites is 2. The molecular formula is C13H17N3O2. The van der Waals surface area contributed by atoms with Crippen LogP contribution in [0.4, 0.5) is 5.95 Å².